The molecule has 0 aliphatic carbocycles. The van der Waals surface area contributed by atoms with Crippen molar-refractivity contribution in [2.24, 2.45) is 0 Å². The number of nitrogens with two attached hydrogens (primary N) is 1. The van der Waals surface area contributed by atoms with E-state index in [1.807, 2.05) is 65.6 Å². The van der Waals surface area contributed by atoms with E-state index >= 15 is 0 Å². The molecule has 1 aliphatic rings. The third-order valence-corrected chi connectivity index (χ3v) is 5.91. The number of thiocarbonyl (C=S) groups is 1. The zero-order chi connectivity index (χ0) is 21.5. The lowest BCUT2D eigenvalue weighted by atomic mass is 10.1. The maximum Gasteiger partial charge on any atom is 0.264 e. The topological polar surface area (TPSA) is 87.0 Å². The fourth-order valence-electron chi connectivity index (χ4n) is 4.16. The average molecular weight is 428 g/mol. The molecule has 1 unspecified atom stereocenters. The van der Waals surface area contributed by atoms with Gasteiger partial charge < -0.3 is 16.0 Å². The van der Waals surface area contributed by atoms with Crippen LogP contribution in [0.3, 0.4) is 0 Å². The molecular weight excluding hydrogens is 406 g/mol. The average Bonchev–Trinajstić information content (AvgIpc) is 3.08. The van der Waals surface area contributed by atoms with Gasteiger partial charge in [0.15, 0.2) is 0 Å². The van der Waals surface area contributed by atoms with Gasteiger partial charge in [-0.3, -0.25) is 9.78 Å². The van der Waals surface area contributed by atoms with Crippen molar-refractivity contribution >= 4 is 51.1 Å². The summed E-state index contributed by atoms with van der Waals surface area (Å²) >= 11 is 5.50. The number of aromatic nitrogens is 2. The minimum atomic E-state index is -0.364. The summed E-state index contributed by atoms with van der Waals surface area (Å²) in [6, 6.07) is 22.2. The summed E-state index contributed by atoms with van der Waals surface area (Å²) in [4.78, 5) is 22.6. The number of H-pyrrole nitrogens is 1. The van der Waals surface area contributed by atoms with E-state index in [1.54, 1.807) is 0 Å². The van der Waals surface area contributed by atoms with Crippen LogP contribution < -0.4 is 21.5 Å². The van der Waals surface area contributed by atoms with Crippen LogP contribution in [0.5, 0.6) is 0 Å². The number of nitrogens with zero attached hydrogens (tertiary/aromatic N) is 2. The molecule has 0 spiro atoms. The lowest BCUT2D eigenvalue weighted by Gasteiger charge is -2.23. The molecule has 4 aromatic rings. The number of aromatic amines is 1. The van der Waals surface area contributed by atoms with Crippen molar-refractivity contribution < 1.29 is 0 Å². The van der Waals surface area contributed by atoms with Crippen molar-refractivity contribution in [2.75, 3.05) is 16.0 Å². The van der Waals surface area contributed by atoms with Crippen LogP contribution in [0.1, 0.15) is 18.1 Å². The van der Waals surface area contributed by atoms with Gasteiger partial charge in [-0.15, -0.1) is 0 Å². The molecule has 1 atom stereocenters. The van der Waals surface area contributed by atoms with Crippen LogP contribution in [0.4, 0.5) is 23.1 Å². The first kappa shape index (κ1) is 19.3. The second-order valence-corrected chi connectivity index (χ2v) is 8.13. The number of fused-ring (bicyclic) bond motifs is 2. The monoisotopic (exact) mass is 427 g/mol. The first-order valence-electron chi connectivity index (χ1n) is 10.1. The van der Waals surface area contributed by atoms with Gasteiger partial charge in [-0.25, -0.2) is 0 Å². The van der Waals surface area contributed by atoms with Gasteiger partial charge in [0.2, 0.25) is 5.95 Å². The maximum absolute atomic E-state index is 13.0. The van der Waals surface area contributed by atoms with Gasteiger partial charge in [-0.2, -0.15) is 4.98 Å². The Morgan fingerprint density at radius 3 is 2.68 bits per heavy atom. The summed E-state index contributed by atoms with van der Waals surface area (Å²) in [6.45, 7) is 2.09. The lowest BCUT2D eigenvalue weighted by molar-refractivity contribution is 0.738. The lowest BCUT2D eigenvalue weighted by Crippen LogP contribution is -2.31. The molecule has 7 heteroatoms. The molecule has 1 aromatic heterocycles. The molecule has 6 nitrogen and oxygen atoms in total. The van der Waals surface area contributed by atoms with Crippen LogP contribution in [-0.4, -0.2) is 21.0 Å². The number of nitrogen functional groups attached to an aromatic ring is 1. The molecule has 0 saturated heterocycles. The molecule has 4 N–H and O–H groups in total. The van der Waals surface area contributed by atoms with Crippen LogP contribution in [0, 0.1) is 0 Å². The largest absolute Gasteiger partial charge is 0.383 e. The van der Waals surface area contributed by atoms with Crippen LogP contribution >= 0.6 is 12.2 Å². The third-order valence-electron chi connectivity index (χ3n) is 5.60. The summed E-state index contributed by atoms with van der Waals surface area (Å²) in [7, 11) is 0. The first-order chi connectivity index (χ1) is 15.0. The van der Waals surface area contributed by atoms with Crippen molar-refractivity contribution in [1.82, 2.24) is 9.97 Å². The normalized spacial score (nSPS) is 15.1. The zero-order valence-corrected chi connectivity index (χ0v) is 17.7. The summed E-state index contributed by atoms with van der Waals surface area (Å²) in [6.07, 6.45) is 0.878. The van der Waals surface area contributed by atoms with Crippen LogP contribution in [0.15, 0.2) is 71.5 Å². The maximum atomic E-state index is 13.0. The number of benzene rings is 3. The Kier molecular flexibility index (Phi) is 4.67. The Hall–Kier alpha value is -3.71. The Morgan fingerprint density at radius 1 is 1.13 bits per heavy atom. The van der Waals surface area contributed by atoms with Gasteiger partial charge in [0, 0.05) is 17.4 Å². The van der Waals surface area contributed by atoms with Crippen molar-refractivity contribution in [3.63, 3.8) is 0 Å². The van der Waals surface area contributed by atoms with Crippen molar-refractivity contribution in [3.05, 3.63) is 88.2 Å². The summed E-state index contributed by atoms with van der Waals surface area (Å²) in [5, 5.41) is 5.33. The highest BCUT2D eigenvalue weighted by atomic mass is 32.1. The van der Waals surface area contributed by atoms with E-state index in [1.165, 1.54) is 5.56 Å². The van der Waals surface area contributed by atoms with Crippen LogP contribution in [-0.2, 0) is 6.42 Å². The Morgan fingerprint density at radius 2 is 1.87 bits per heavy atom. The highest BCUT2D eigenvalue weighted by molar-refractivity contribution is 7.81. The highest BCUT2D eigenvalue weighted by Crippen LogP contribution is 2.36. The molecule has 0 fully saturated rings. The molecular formula is C24H21N5OS. The van der Waals surface area contributed by atoms with Gasteiger partial charge in [0.05, 0.1) is 0 Å². The molecule has 5 rings (SSSR count). The molecule has 0 saturated carbocycles. The van der Waals surface area contributed by atoms with E-state index in [9.17, 15) is 4.79 Å². The van der Waals surface area contributed by atoms with E-state index in [2.05, 4.69) is 28.3 Å². The van der Waals surface area contributed by atoms with Gasteiger partial charge in [0.25, 0.3) is 5.56 Å². The smallest absolute Gasteiger partial charge is 0.264 e. The predicted octanol–water partition coefficient (Wildman–Crippen LogP) is 4.38. The Balaban J connectivity index is 1.46. The zero-order valence-electron chi connectivity index (χ0n) is 16.9. The molecule has 3 aromatic carbocycles. The van der Waals surface area contributed by atoms with Crippen molar-refractivity contribution in [3.8, 4) is 0 Å². The van der Waals surface area contributed by atoms with Crippen LogP contribution in [0.25, 0.3) is 10.8 Å². The number of anilines is 4. The minimum Gasteiger partial charge on any atom is -0.383 e. The standard InChI is InChI=1S/C24H21N5OS/c1-14-12-17-8-4-5-9-19(17)29(14)24-27-21(25)20(22(30)28-24)23(31)26-18-11-10-15-6-2-3-7-16(15)13-18/h2-11,13-14H,12H2,1H3,(H,26,31)(H3,25,27,28,30). The molecule has 0 bridgehead atoms. The second-order valence-electron chi connectivity index (χ2n) is 7.72. The Labute approximate surface area is 184 Å². The summed E-state index contributed by atoms with van der Waals surface area (Å²) < 4.78 is 0. The van der Waals surface area contributed by atoms with Gasteiger partial charge in [-0.05, 0) is 47.9 Å². The van der Waals surface area contributed by atoms with E-state index in [4.69, 9.17) is 18.0 Å². The summed E-state index contributed by atoms with van der Waals surface area (Å²) in [5.41, 5.74) is 9.06. The number of para-hydroxylation sites is 1. The van der Waals surface area contributed by atoms with E-state index < -0.39 is 0 Å². The molecule has 0 amide bonds. The molecule has 31 heavy (non-hydrogen) atoms. The van der Waals surface area contributed by atoms with E-state index in [-0.39, 0.29) is 28.0 Å². The van der Waals surface area contributed by atoms with Gasteiger partial charge >= 0.3 is 0 Å². The fourth-order valence-corrected chi connectivity index (χ4v) is 4.48. The van der Waals surface area contributed by atoms with E-state index in [0.717, 1.165) is 28.6 Å². The Bertz CT molecular complexity index is 1380. The van der Waals surface area contributed by atoms with Gasteiger partial charge in [-0.1, -0.05) is 60.7 Å². The molecule has 154 valence electrons. The predicted molar refractivity (Wildman–Crippen MR) is 130 cm³/mol. The minimum absolute atomic E-state index is 0.105. The second kappa shape index (κ2) is 7.52. The quantitative estimate of drug-likeness (QED) is 0.421. The van der Waals surface area contributed by atoms with Gasteiger partial charge in [0.1, 0.15) is 16.4 Å². The fraction of sp³-hybridized carbons (Fsp3) is 0.125. The number of hydrogen-bond acceptors (Lipinski definition) is 5. The number of rotatable bonds is 3. The van der Waals surface area contributed by atoms with Crippen LogP contribution in [0.2, 0.25) is 0 Å². The molecule has 2 heterocycles. The molecule has 0 radical (unpaired) electrons. The first-order valence-corrected chi connectivity index (χ1v) is 10.5. The molecule has 1 aliphatic heterocycles. The number of nitrogens with one attached hydrogen (secondary N) is 2. The SMILES string of the molecule is CC1Cc2ccccc2N1c1nc(N)c(C(=S)Nc2ccc3ccccc3c2)c(=O)[nH]1. The summed E-state index contributed by atoms with van der Waals surface area (Å²) in [5.74, 6) is 0.533. The van der Waals surface area contributed by atoms with Crippen molar-refractivity contribution in [2.45, 2.75) is 19.4 Å². The van der Waals surface area contributed by atoms with E-state index in [0.29, 0.717) is 5.95 Å². The van der Waals surface area contributed by atoms with Crippen molar-refractivity contribution in [1.29, 1.82) is 0 Å². The number of hydrogen-bond donors (Lipinski definition) is 3. The highest BCUT2D eigenvalue weighted by Gasteiger charge is 2.29. The third kappa shape index (κ3) is 3.43.